The third kappa shape index (κ3) is 7.63. The van der Waals surface area contributed by atoms with Crippen molar-refractivity contribution in [2.45, 2.75) is 38.5 Å². The van der Waals surface area contributed by atoms with E-state index in [9.17, 15) is 0 Å². The van der Waals surface area contributed by atoms with Crippen LogP contribution in [0, 0.1) is 0 Å². The van der Waals surface area contributed by atoms with Crippen LogP contribution in [0.4, 0.5) is 0 Å². The molecule has 0 amide bonds. The lowest BCUT2D eigenvalue weighted by Gasteiger charge is -2.34. The first-order valence-corrected chi connectivity index (χ1v) is 13.5. The Bertz CT molecular complexity index is 1160. The van der Waals surface area contributed by atoms with Crippen LogP contribution in [-0.2, 0) is 29.0 Å². The molecular weight excluding hydrogens is 506 g/mol. The van der Waals surface area contributed by atoms with Crippen LogP contribution in [-0.4, -0.2) is 73.8 Å². The fourth-order valence-electron chi connectivity index (χ4n) is 4.62. The van der Waals surface area contributed by atoms with Crippen molar-refractivity contribution >= 4 is 11.6 Å². The molecular formula is C29H38ClN3O5. The summed E-state index contributed by atoms with van der Waals surface area (Å²) in [7, 11) is 3.38. The molecule has 0 N–H and O–H groups in total. The fourth-order valence-corrected chi connectivity index (χ4v) is 4.80. The van der Waals surface area contributed by atoms with Gasteiger partial charge in [0.1, 0.15) is 23.8 Å². The summed E-state index contributed by atoms with van der Waals surface area (Å²) in [6.45, 7) is 7.21. The van der Waals surface area contributed by atoms with Crippen LogP contribution in [0.3, 0.4) is 0 Å². The summed E-state index contributed by atoms with van der Waals surface area (Å²) in [4.78, 5) is 6.70. The zero-order chi connectivity index (χ0) is 26.8. The lowest BCUT2D eigenvalue weighted by atomic mass is 10.1. The monoisotopic (exact) mass is 543 g/mol. The van der Waals surface area contributed by atoms with Gasteiger partial charge in [-0.2, -0.15) is 0 Å². The number of hydrogen-bond donors (Lipinski definition) is 0. The molecule has 1 aliphatic rings. The molecule has 1 unspecified atom stereocenters. The van der Waals surface area contributed by atoms with Gasteiger partial charge in [-0.05, 0) is 42.3 Å². The molecule has 0 radical (unpaired) electrons. The van der Waals surface area contributed by atoms with Gasteiger partial charge in [-0.25, -0.2) is 4.98 Å². The van der Waals surface area contributed by atoms with Crippen LogP contribution < -0.4 is 14.2 Å². The van der Waals surface area contributed by atoms with E-state index in [-0.39, 0.29) is 0 Å². The molecule has 1 fully saturated rings. The van der Waals surface area contributed by atoms with Crippen LogP contribution in [0.25, 0.3) is 0 Å². The molecule has 8 nitrogen and oxygen atoms in total. The first-order valence-electron chi connectivity index (χ1n) is 13.1. The minimum atomic E-state index is -0.598. The second-order valence-corrected chi connectivity index (χ2v) is 9.91. The van der Waals surface area contributed by atoms with Crippen LogP contribution in [0.15, 0.2) is 54.9 Å². The van der Waals surface area contributed by atoms with E-state index in [1.165, 1.54) is 0 Å². The first-order chi connectivity index (χ1) is 18.5. The summed E-state index contributed by atoms with van der Waals surface area (Å²) in [5, 5.41) is 0.637. The number of imidazole rings is 1. The van der Waals surface area contributed by atoms with E-state index < -0.39 is 5.60 Å². The first kappa shape index (κ1) is 28.2. The van der Waals surface area contributed by atoms with Gasteiger partial charge in [0.2, 0.25) is 0 Å². The molecule has 1 aromatic heterocycles. The van der Waals surface area contributed by atoms with Crippen LogP contribution in [0.5, 0.6) is 17.2 Å². The summed E-state index contributed by atoms with van der Waals surface area (Å²) in [5.74, 6) is 3.28. The molecule has 9 heteroatoms. The Morgan fingerprint density at radius 3 is 2.79 bits per heavy atom. The second-order valence-electron chi connectivity index (χ2n) is 9.47. The lowest BCUT2D eigenvalue weighted by Crippen LogP contribution is -2.50. The number of benzene rings is 2. The van der Waals surface area contributed by atoms with Gasteiger partial charge in [-0.15, -0.1) is 0 Å². The maximum atomic E-state index is 6.11. The molecule has 2 aromatic carbocycles. The normalized spacial score (nSPS) is 18.2. The average molecular weight is 544 g/mol. The van der Waals surface area contributed by atoms with Crippen molar-refractivity contribution in [2.24, 2.45) is 0 Å². The fraction of sp³-hybridized carbons (Fsp3) is 0.483. The molecule has 206 valence electrons. The number of aryl methyl sites for hydroxylation is 2. The Balaban J connectivity index is 1.34. The van der Waals surface area contributed by atoms with Gasteiger partial charge in [0, 0.05) is 57.1 Å². The van der Waals surface area contributed by atoms with Crippen molar-refractivity contribution in [2.75, 3.05) is 53.7 Å². The molecule has 0 bridgehead atoms. The summed E-state index contributed by atoms with van der Waals surface area (Å²) in [6, 6.07) is 13.5. The predicted molar refractivity (Wildman–Crippen MR) is 147 cm³/mol. The molecule has 0 aliphatic carbocycles. The Morgan fingerprint density at radius 1 is 1.11 bits per heavy atom. The standard InChI is InChI=1S/C29H38ClN3O5/c1-4-28-31-11-13-33(28)12-6-15-37-26-10-9-23(17-27(26)34-2)19-32-14-16-36-21-29(20-32,35-3)22-38-25-8-5-7-24(30)18-25/h5,7-11,13,17-18H,4,6,12,14-16,19-22H2,1-3H3. The second kappa shape index (κ2) is 13.8. The van der Waals surface area contributed by atoms with E-state index in [0.29, 0.717) is 43.7 Å². The number of halogens is 1. The SMILES string of the molecule is CCc1nccn1CCCOc1ccc(CN2CCOCC(COc3cccc(Cl)c3)(OC)C2)cc1OC. The zero-order valence-electron chi connectivity index (χ0n) is 22.5. The Morgan fingerprint density at radius 2 is 2.00 bits per heavy atom. The predicted octanol–water partition coefficient (Wildman–Crippen LogP) is 4.87. The minimum Gasteiger partial charge on any atom is -0.493 e. The highest BCUT2D eigenvalue weighted by atomic mass is 35.5. The van der Waals surface area contributed by atoms with Crippen molar-refractivity contribution in [3.63, 3.8) is 0 Å². The van der Waals surface area contributed by atoms with E-state index in [2.05, 4.69) is 27.4 Å². The maximum absolute atomic E-state index is 6.11. The molecule has 0 spiro atoms. The van der Waals surface area contributed by atoms with E-state index >= 15 is 0 Å². The lowest BCUT2D eigenvalue weighted by molar-refractivity contribution is -0.0925. The molecule has 2 heterocycles. The van der Waals surface area contributed by atoms with Crippen molar-refractivity contribution in [1.82, 2.24) is 14.5 Å². The summed E-state index contributed by atoms with van der Waals surface area (Å²) < 4.78 is 31.8. The maximum Gasteiger partial charge on any atom is 0.161 e. The number of nitrogens with zero attached hydrogens (tertiary/aromatic N) is 3. The highest BCUT2D eigenvalue weighted by Gasteiger charge is 2.36. The van der Waals surface area contributed by atoms with Gasteiger partial charge in [0.05, 0.1) is 26.9 Å². The number of ether oxygens (including phenoxy) is 5. The van der Waals surface area contributed by atoms with Crippen LogP contribution >= 0.6 is 11.6 Å². The van der Waals surface area contributed by atoms with Gasteiger partial charge < -0.3 is 28.3 Å². The highest BCUT2D eigenvalue weighted by molar-refractivity contribution is 6.30. The van der Waals surface area contributed by atoms with Gasteiger partial charge in [0.15, 0.2) is 11.5 Å². The summed E-state index contributed by atoms with van der Waals surface area (Å²) in [5.41, 5.74) is 0.529. The molecule has 3 aromatic rings. The molecule has 0 saturated carbocycles. The van der Waals surface area contributed by atoms with Crippen molar-refractivity contribution in [1.29, 1.82) is 0 Å². The third-order valence-electron chi connectivity index (χ3n) is 6.71. The van der Waals surface area contributed by atoms with E-state index in [0.717, 1.165) is 55.4 Å². The molecule has 1 aliphatic heterocycles. The van der Waals surface area contributed by atoms with Gasteiger partial charge in [-0.1, -0.05) is 30.7 Å². The van der Waals surface area contributed by atoms with Crippen LogP contribution in [0.2, 0.25) is 5.02 Å². The zero-order valence-corrected chi connectivity index (χ0v) is 23.3. The Kier molecular flexibility index (Phi) is 10.3. The topological polar surface area (TPSA) is 67.2 Å². The quantitative estimate of drug-likeness (QED) is 0.285. The van der Waals surface area contributed by atoms with Crippen molar-refractivity contribution < 1.29 is 23.7 Å². The Hall–Kier alpha value is -2.78. The summed E-state index contributed by atoms with van der Waals surface area (Å²) in [6.07, 6.45) is 5.68. The van der Waals surface area contributed by atoms with Crippen molar-refractivity contribution in [3.05, 3.63) is 71.3 Å². The molecule has 4 rings (SSSR count). The largest absolute Gasteiger partial charge is 0.493 e. The summed E-state index contributed by atoms with van der Waals surface area (Å²) >= 11 is 6.11. The van der Waals surface area contributed by atoms with Crippen LogP contribution in [0.1, 0.15) is 24.7 Å². The number of rotatable bonds is 13. The number of aromatic nitrogens is 2. The van der Waals surface area contributed by atoms with Gasteiger partial charge in [-0.3, -0.25) is 4.90 Å². The van der Waals surface area contributed by atoms with E-state index in [1.54, 1.807) is 20.3 Å². The Labute approximate surface area is 230 Å². The molecule has 1 saturated heterocycles. The molecule has 38 heavy (non-hydrogen) atoms. The smallest absolute Gasteiger partial charge is 0.161 e. The van der Waals surface area contributed by atoms with Crippen molar-refractivity contribution in [3.8, 4) is 17.2 Å². The van der Waals surface area contributed by atoms with E-state index in [4.69, 9.17) is 35.3 Å². The van der Waals surface area contributed by atoms with E-state index in [1.807, 2.05) is 42.7 Å². The van der Waals surface area contributed by atoms with Gasteiger partial charge >= 0.3 is 0 Å². The highest BCUT2D eigenvalue weighted by Crippen LogP contribution is 2.30. The minimum absolute atomic E-state index is 0.356. The number of hydrogen-bond acceptors (Lipinski definition) is 7. The molecule has 1 atom stereocenters. The number of methoxy groups -OCH3 is 2. The third-order valence-corrected chi connectivity index (χ3v) is 6.95. The van der Waals surface area contributed by atoms with Gasteiger partial charge in [0.25, 0.3) is 0 Å². The average Bonchev–Trinajstić information content (AvgIpc) is 3.30.